The number of rotatable bonds is 2. The molecule has 1 fully saturated rings. The summed E-state index contributed by atoms with van der Waals surface area (Å²) in [7, 11) is 0. The molecule has 0 saturated heterocycles. The molecular weight excluding hydrogens is 144 g/mol. The monoisotopic (exact) mass is 158 g/mol. The second kappa shape index (κ2) is 4.02. The van der Waals surface area contributed by atoms with Gasteiger partial charge >= 0.3 is 0 Å². The molecule has 1 rings (SSSR count). The Morgan fingerprint density at radius 3 is 2.40 bits per heavy atom. The van der Waals surface area contributed by atoms with Crippen LogP contribution in [-0.4, -0.2) is 0 Å². The summed E-state index contributed by atoms with van der Waals surface area (Å²) in [5.41, 5.74) is 0. The van der Waals surface area contributed by atoms with E-state index in [1.54, 1.807) is 0 Å². The van der Waals surface area contributed by atoms with Crippen molar-refractivity contribution in [2.24, 2.45) is 5.92 Å². The van der Waals surface area contributed by atoms with Gasteiger partial charge in [-0.2, -0.15) is 0 Å². The zero-order chi connectivity index (χ0) is 7.40. The molecule has 1 saturated carbocycles. The molecule has 0 aliphatic heterocycles. The van der Waals surface area contributed by atoms with Crippen molar-refractivity contribution in [3.8, 4) is 0 Å². The Kier molecular flexibility index (Phi) is 3.27. The lowest BCUT2D eigenvalue weighted by atomic mass is 9.87. The number of halogens is 1. The van der Waals surface area contributed by atoms with E-state index in [1.165, 1.54) is 32.1 Å². The average molecular weight is 159 g/mol. The molecule has 0 atom stereocenters. The summed E-state index contributed by atoms with van der Waals surface area (Å²) in [4.78, 5) is 0. The van der Waals surface area contributed by atoms with Gasteiger partial charge in [0.25, 0.3) is 0 Å². The highest BCUT2D eigenvalue weighted by atomic mass is 35.5. The Morgan fingerprint density at radius 2 is 1.90 bits per heavy atom. The van der Waals surface area contributed by atoms with E-state index in [0.717, 1.165) is 17.4 Å². The molecule has 0 unspecified atom stereocenters. The van der Waals surface area contributed by atoms with E-state index in [-0.39, 0.29) is 0 Å². The Labute approximate surface area is 68.3 Å². The molecule has 0 aromatic rings. The minimum Gasteiger partial charge on any atom is -0.0898 e. The SMILES string of the molecule is C=C(Cl)CC1CCCCC1. The molecule has 0 heterocycles. The lowest BCUT2D eigenvalue weighted by molar-refractivity contribution is 0.360. The van der Waals surface area contributed by atoms with Gasteiger partial charge in [0.2, 0.25) is 0 Å². The quantitative estimate of drug-likeness (QED) is 0.575. The zero-order valence-electron chi connectivity index (χ0n) is 6.41. The van der Waals surface area contributed by atoms with Gasteiger partial charge in [-0.1, -0.05) is 50.3 Å². The van der Waals surface area contributed by atoms with Gasteiger partial charge in [-0.3, -0.25) is 0 Å². The predicted molar refractivity (Wildman–Crippen MR) is 46.2 cm³/mol. The van der Waals surface area contributed by atoms with Crippen molar-refractivity contribution in [2.45, 2.75) is 38.5 Å². The normalized spacial score (nSPS) is 20.9. The van der Waals surface area contributed by atoms with Gasteiger partial charge in [-0.05, 0) is 12.3 Å². The van der Waals surface area contributed by atoms with Gasteiger partial charge in [-0.15, -0.1) is 0 Å². The first-order chi connectivity index (χ1) is 4.79. The van der Waals surface area contributed by atoms with Gasteiger partial charge in [0, 0.05) is 5.03 Å². The van der Waals surface area contributed by atoms with Gasteiger partial charge in [0.1, 0.15) is 0 Å². The van der Waals surface area contributed by atoms with Crippen LogP contribution >= 0.6 is 11.6 Å². The first-order valence-corrected chi connectivity index (χ1v) is 4.50. The maximum absolute atomic E-state index is 5.72. The smallest absolute Gasteiger partial charge is 0.0112 e. The molecule has 58 valence electrons. The summed E-state index contributed by atoms with van der Waals surface area (Å²) >= 11 is 5.72. The van der Waals surface area contributed by atoms with Crippen LogP contribution in [0.2, 0.25) is 0 Å². The molecule has 0 aromatic carbocycles. The standard InChI is InChI=1S/C9H15Cl/c1-8(10)7-9-5-3-2-4-6-9/h9H,1-7H2. The van der Waals surface area contributed by atoms with E-state index >= 15 is 0 Å². The molecule has 10 heavy (non-hydrogen) atoms. The molecule has 1 heteroatoms. The highest BCUT2D eigenvalue weighted by Gasteiger charge is 2.12. The molecule has 0 amide bonds. The highest BCUT2D eigenvalue weighted by molar-refractivity contribution is 6.29. The first-order valence-electron chi connectivity index (χ1n) is 4.12. The fraction of sp³-hybridized carbons (Fsp3) is 0.778. The topological polar surface area (TPSA) is 0 Å². The van der Waals surface area contributed by atoms with Crippen molar-refractivity contribution >= 4 is 11.6 Å². The van der Waals surface area contributed by atoms with E-state index in [0.29, 0.717) is 0 Å². The number of hydrogen-bond acceptors (Lipinski definition) is 0. The number of allylic oxidation sites excluding steroid dienone is 1. The van der Waals surface area contributed by atoms with Crippen LogP contribution < -0.4 is 0 Å². The Balaban J connectivity index is 2.19. The summed E-state index contributed by atoms with van der Waals surface area (Å²) < 4.78 is 0. The minimum absolute atomic E-state index is 0.840. The summed E-state index contributed by atoms with van der Waals surface area (Å²) in [6.07, 6.45) is 7.99. The minimum atomic E-state index is 0.840. The first kappa shape index (κ1) is 8.13. The van der Waals surface area contributed by atoms with Crippen LogP contribution in [0.15, 0.2) is 11.6 Å². The molecule has 1 aliphatic carbocycles. The lowest BCUT2D eigenvalue weighted by Gasteiger charge is -2.20. The van der Waals surface area contributed by atoms with E-state index < -0.39 is 0 Å². The fourth-order valence-electron chi connectivity index (χ4n) is 1.70. The van der Waals surface area contributed by atoms with Gasteiger partial charge in [0.15, 0.2) is 0 Å². The number of hydrogen-bond donors (Lipinski definition) is 0. The van der Waals surface area contributed by atoms with Crippen LogP contribution in [0.4, 0.5) is 0 Å². The molecule has 0 aromatic heterocycles. The second-order valence-electron chi connectivity index (χ2n) is 3.23. The van der Waals surface area contributed by atoms with Crippen molar-refractivity contribution < 1.29 is 0 Å². The molecule has 0 bridgehead atoms. The summed E-state index contributed by atoms with van der Waals surface area (Å²) in [6, 6.07) is 0. The van der Waals surface area contributed by atoms with Crippen LogP contribution in [0.5, 0.6) is 0 Å². The van der Waals surface area contributed by atoms with Gasteiger partial charge in [0.05, 0.1) is 0 Å². The molecular formula is C9H15Cl. The van der Waals surface area contributed by atoms with Crippen molar-refractivity contribution in [3.63, 3.8) is 0 Å². The van der Waals surface area contributed by atoms with Crippen LogP contribution in [0, 0.1) is 5.92 Å². The Bertz CT molecular complexity index is 112. The third-order valence-electron chi connectivity index (χ3n) is 2.23. The average Bonchev–Trinajstić information content (AvgIpc) is 1.88. The largest absolute Gasteiger partial charge is 0.0898 e. The zero-order valence-corrected chi connectivity index (χ0v) is 7.16. The van der Waals surface area contributed by atoms with Crippen molar-refractivity contribution in [2.75, 3.05) is 0 Å². The predicted octanol–water partition coefficient (Wildman–Crippen LogP) is 3.71. The lowest BCUT2D eigenvalue weighted by Crippen LogP contribution is -2.05. The molecule has 0 spiro atoms. The molecule has 0 N–H and O–H groups in total. The van der Waals surface area contributed by atoms with Gasteiger partial charge in [-0.25, -0.2) is 0 Å². The third kappa shape index (κ3) is 2.74. The maximum atomic E-state index is 5.72. The van der Waals surface area contributed by atoms with E-state index in [9.17, 15) is 0 Å². The third-order valence-corrected chi connectivity index (χ3v) is 2.39. The second-order valence-corrected chi connectivity index (χ2v) is 3.76. The van der Waals surface area contributed by atoms with E-state index in [1.807, 2.05) is 0 Å². The highest BCUT2D eigenvalue weighted by Crippen LogP contribution is 2.29. The Morgan fingerprint density at radius 1 is 1.30 bits per heavy atom. The van der Waals surface area contributed by atoms with Crippen molar-refractivity contribution in [3.05, 3.63) is 11.6 Å². The summed E-state index contributed by atoms with van der Waals surface area (Å²) in [6.45, 7) is 3.71. The Hall–Kier alpha value is 0.0300. The van der Waals surface area contributed by atoms with E-state index in [4.69, 9.17) is 11.6 Å². The molecule has 0 radical (unpaired) electrons. The van der Waals surface area contributed by atoms with Crippen LogP contribution in [0.3, 0.4) is 0 Å². The van der Waals surface area contributed by atoms with Crippen LogP contribution in [-0.2, 0) is 0 Å². The molecule has 1 aliphatic rings. The summed E-state index contributed by atoms with van der Waals surface area (Å²) in [5.74, 6) is 0.846. The fourth-order valence-corrected chi connectivity index (χ4v) is 1.92. The molecule has 0 nitrogen and oxygen atoms in total. The maximum Gasteiger partial charge on any atom is 0.0112 e. The summed E-state index contributed by atoms with van der Waals surface area (Å²) in [5, 5.41) is 0.840. The van der Waals surface area contributed by atoms with Crippen LogP contribution in [0.25, 0.3) is 0 Å². The van der Waals surface area contributed by atoms with E-state index in [2.05, 4.69) is 6.58 Å². The van der Waals surface area contributed by atoms with Gasteiger partial charge < -0.3 is 0 Å². The van der Waals surface area contributed by atoms with Crippen molar-refractivity contribution in [1.29, 1.82) is 0 Å². The van der Waals surface area contributed by atoms with Crippen molar-refractivity contribution in [1.82, 2.24) is 0 Å². The van der Waals surface area contributed by atoms with Crippen LogP contribution in [0.1, 0.15) is 38.5 Å².